The Morgan fingerprint density at radius 1 is 1.21 bits per heavy atom. The first kappa shape index (κ1) is 20.5. The van der Waals surface area contributed by atoms with Crippen LogP contribution in [0.25, 0.3) is 0 Å². The quantitative estimate of drug-likeness (QED) is 0.633. The minimum atomic E-state index is -3.48. The van der Waals surface area contributed by atoms with Gasteiger partial charge in [-0.15, -0.1) is 0 Å². The zero-order valence-corrected chi connectivity index (χ0v) is 17.2. The number of nitrogens with one attached hydrogen (secondary N) is 1. The van der Waals surface area contributed by atoms with Crippen molar-refractivity contribution in [3.05, 3.63) is 81.5 Å². The van der Waals surface area contributed by atoms with Gasteiger partial charge in [-0.25, -0.2) is 17.8 Å². The van der Waals surface area contributed by atoms with Crippen molar-refractivity contribution in [3.63, 3.8) is 0 Å². The Bertz CT molecular complexity index is 1110. The highest BCUT2D eigenvalue weighted by Gasteiger charge is 2.24. The van der Waals surface area contributed by atoms with Gasteiger partial charge in [-0.3, -0.25) is 0 Å². The molecule has 0 spiro atoms. The number of nitrogens with zero attached hydrogens (tertiary/aromatic N) is 1. The number of ether oxygens (including phenoxy) is 1. The van der Waals surface area contributed by atoms with Crippen LogP contribution in [0.15, 0.2) is 47.5 Å². The van der Waals surface area contributed by atoms with Crippen LogP contribution in [-0.2, 0) is 21.2 Å². The molecule has 3 aromatic rings. The Morgan fingerprint density at radius 3 is 2.54 bits per heavy atom. The van der Waals surface area contributed by atoms with E-state index in [1.807, 2.05) is 31.2 Å². The third-order valence-electron chi connectivity index (χ3n) is 4.39. The van der Waals surface area contributed by atoms with E-state index in [9.17, 15) is 12.8 Å². The normalized spacial score (nSPS) is 12.9. The maximum absolute atomic E-state index is 13.6. The van der Waals surface area contributed by atoms with Gasteiger partial charge in [0.15, 0.2) is 14.9 Å². The monoisotopic (exact) mass is 422 g/mol. The molecule has 0 aliphatic heterocycles. The van der Waals surface area contributed by atoms with Gasteiger partial charge in [0.25, 0.3) is 0 Å². The van der Waals surface area contributed by atoms with Gasteiger partial charge < -0.3 is 9.72 Å². The van der Waals surface area contributed by atoms with Gasteiger partial charge >= 0.3 is 0 Å². The van der Waals surface area contributed by atoms with E-state index in [1.165, 1.54) is 12.1 Å². The van der Waals surface area contributed by atoms with Crippen LogP contribution in [0.4, 0.5) is 4.39 Å². The average Bonchev–Trinajstić information content (AvgIpc) is 3.01. The number of aromatic nitrogens is 2. The second-order valence-corrected chi connectivity index (χ2v) is 8.96. The summed E-state index contributed by atoms with van der Waals surface area (Å²) in [7, 11) is -3.48. The molecular weight excluding hydrogens is 403 g/mol. The van der Waals surface area contributed by atoms with Gasteiger partial charge in [0.05, 0.1) is 17.3 Å². The molecular formula is C20H20ClFN2O3S. The summed E-state index contributed by atoms with van der Waals surface area (Å²) in [5.74, 6) is -0.232. The molecule has 0 bridgehead atoms. The van der Waals surface area contributed by atoms with E-state index in [0.717, 1.165) is 17.4 Å². The molecule has 1 unspecified atom stereocenters. The molecule has 3 rings (SSSR count). The number of aryl methyl sites for hydroxylation is 2. The molecule has 0 amide bonds. The van der Waals surface area contributed by atoms with E-state index >= 15 is 0 Å². The molecule has 0 aliphatic carbocycles. The number of hydrogen-bond donors (Lipinski definition) is 1. The molecule has 1 atom stereocenters. The number of rotatable bonds is 6. The highest BCUT2D eigenvalue weighted by Crippen LogP contribution is 2.30. The highest BCUT2D eigenvalue weighted by atomic mass is 35.5. The second-order valence-electron chi connectivity index (χ2n) is 6.60. The summed E-state index contributed by atoms with van der Waals surface area (Å²) < 4.78 is 43.6. The topological polar surface area (TPSA) is 72.0 Å². The van der Waals surface area contributed by atoms with Gasteiger partial charge in [0.1, 0.15) is 17.7 Å². The zero-order valence-electron chi connectivity index (χ0n) is 15.7. The fourth-order valence-corrected chi connectivity index (χ4v) is 3.97. The summed E-state index contributed by atoms with van der Waals surface area (Å²) in [6.07, 6.45) is 0.363. The predicted octanol–water partition coefficient (Wildman–Crippen LogP) is 4.53. The predicted molar refractivity (Wildman–Crippen MR) is 106 cm³/mol. The van der Waals surface area contributed by atoms with E-state index in [-0.39, 0.29) is 16.7 Å². The van der Waals surface area contributed by atoms with Crippen LogP contribution in [0.5, 0.6) is 0 Å². The lowest BCUT2D eigenvalue weighted by Crippen LogP contribution is -2.10. The molecule has 148 valence electrons. The van der Waals surface area contributed by atoms with Crippen LogP contribution in [0.2, 0.25) is 5.02 Å². The summed E-state index contributed by atoms with van der Waals surface area (Å²) in [4.78, 5) is 7.19. The molecule has 1 heterocycles. The summed E-state index contributed by atoms with van der Waals surface area (Å²) in [5.41, 5.74) is 2.95. The smallest absolute Gasteiger partial charge is 0.192 e. The third kappa shape index (κ3) is 4.43. The fourth-order valence-electron chi connectivity index (χ4n) is 2.90. The van der Waals surface area contributed by atoms with Crippen LogP contribution in [0.3, 0.4) is 0 Å². The number of H-pyrrole nitrogens is 1. The fraction of sp³-hybridized carbons (Fsp3) is 0.250. The number of sulfone groups is 1. The van der Waals surface area contributed by atoms with Gasteiger partial charge in [-0.1, -0.05) is 41.9 Å². The first-order valence-electron chi connectivity index (χ1n) is 8.54. The van der Waals surface area contributed by atoms with Crippen LogP contribution >= 0.6 is 11.6 Å². The van der Waals surface area contributed by atoms with Crippen molar-refractivity contribution in [2.45, 2.75) is 31.6 Å². The minimum Gasteiger partial charge on any atom is -0.361 e. The van der Waals surface area contributed by atoms with Crippen molar-refractivity contribution in [3.8, 4) is 0 Å². The van der Waals surface area contributed by atoms with Crippen LogP contribution < -0.4 is 0 Å². The molecule has 5 nitrogen and oxygen atoms in total. The molecule has 1 N–H and O–H groups in total. The summed E-state index contributed by atoms with van der Waals surface area (Å²) >= 11 is 5.94. The standard InChI is InChI=1S/C20H20ClFN2O3S/c1-12-6-4-5-7-15(12)11-27-18(14-8-9-17(22)16(21)10-14)19-23-13(2)20(24-19)28(3,25)26/h4-10,18H,11H2,1-3H3,(H,23,24). The second kappa shape index (κ2) is 8.03. The molecule has 0 radical (unpaired) electrons. The Balaban J connectivity index is 2.01. The van der Waals surface area contributed by atoms with Crippen molar-refractivity contribution in [1.29, 1.82) is 0 Å². The molecule has 1 aromatic heterocycles. The van der Waals surface area contributed by atoms with Gasteiger partial charge in [0.2, 0.25) is 0 Å². The third-order valence-corrected chi connectivity index (χ3v) is 5.82. The molecule has 0 saturated carbocycles. The van der Waals surface area contributed by atoms with Gasteiger partial charge in [-0.05, 0) is 42.7 Å². The lowest BCUT2D eigenvalue weighted by Gasteiger charge is -2.18. The van der Waals surface area contributed by atoms with E-state index in [2.05, 4.69) is 9.97 Å². The summed E-state index contributed by atoms with van der Waals surface area (Å²) in [5, 5.41) is -0.0196. The molecule has 2 aromatic carbocycles. The van der Waals surface area contributed by atoms with Crippen molar-refractivity contribution in [2.75, 3.05) is 6.26 Å². The van der Waals surface area contributed by atoms with Crippen molar-refractivity contribution >= 4 is 21.4 Å². The minimum absolute atomic E-state index is 0.0280. The molecule has 0 saturated heterocycles. The largest absolute Gasteiger partial charge is 0.361 e. The molecule has 0 aliphatic rings. The zero-order chi connectivity index (χ0) is 20.5. The number of aromatic amines is 1. The Morgan fingerprint density at radius 2 is 1.93 bits per heavy atom. The Hall–Kier alpha value is -2.22. The van der Waals surface area contributed by atoms with Crippen molar-refractivity contribution in [2.24, 2.45) is 0 Å². The maximum atomic E-state index is 13.6. The lowest BCUT2D eigenvalue weighted by atomic mass is 10.1. The van der Waals surface area contributed by atoms with Crippen molar-refractivity contribution in [1.82, 2.24) is 9.97 Å². The van der Waals surface area contributed by atoms with Crippen LogP contribution in [0.1, 0.15) is 34.3 Å². The van der Waals surface area contributed by atoms with E-state index in [1.54, 1.807) is 13.0 Å². The summed E-state index contributed by atoms with van der Waals surface area (Å²) in [6.45, 7) is 3.84. The first-order valence-corrected chi connectivity index (χ1v) is 10.8. The maximum Gasteiger partial charge on any atom is 0.192 e. The number of imidazole rings is 1. The molecule has 0 fully saturated rings. The average molecular weight is 423 g/mol. The van der Waals surface area contributed by atoms with E-state index in [4.69, 9.17) is 16.3 Å². The van der Waals surface area contributed by atoms with E-state index < -0.39 is 21.8 Å². The van der Waals surface area contributed by atoms with Crippen LogP contribution in [-0.4, -0.2) is 24.6 Å². The van der Waals surface area contributed by atoms with Crippen molar-refractivity contribution < 1.29 is 17.5 Å². The highest BCUT2D eigenvalue weighted by molar-refractivity contribution is 7.90. The molecule has 8 heteroatoms. The molecule has 28 heavy (non-hydrogen) atoms. The number of halogens is 2. The van der Waals surface area contributed by atoms with Crippen LogP contribution in [0, 0.1) is 19.7 Å². The lowest BCUT2D eigenvalue weighted by molar-refractivity contribution is 0.0610. The van der Waals surface area contributed by atoms with E-state index in [0.29, 0.717) is 17.1 Å². The summed E-state index contributed by atoms with van der Waals surface area (Å²) in [6, 6.07) is 12.0. The first-order chi connectivity index (χ1) is 13.2. The van der Waals surface area contributed by atoms with Gasteiger partial charge in [0, 0.05) is 6.26 Å². The Labute approximate surface area is 168 Å². The Kier molecular flexibility index (Phi) is 5.88. The number of benzene rings is 2. The number of hydrogen-bond acceptors (Lipinski definition) is 4. The SMILES string of the molecule is Cc1ccccc1COC(c1ccc(F)c(Cl)c1)c1nc(C)c(S(C)(=O)=O)[nH]1. The van der Waals surface area contributed by atoms with Gasteiger partial charge in [-0.2, -0.15) is 0 Å².